The molecule has 0 aliphatic carbocycles. The molecule has 1 aliphatic heterocycles. The van der Waals surface area contributed by atoms with E-state index in [4.69, 9.17) is 21.6 Å². The second-order valence-corrected chi connectivity index (χ2v) is 28.9. The van der Waals surface area contributed by atoms with Crippen molar-refractivity contribution in [2.24, 2.45) is 0 Å². The zero-order chi connectivity index (χ0) is 33.2. The van der Waals surface area contributed by atoms with Gasteiger partial charge >= 0.3 is 259 Å². The molecule has 0 amide bonds. The van der Waals surface area contributed by atoms with Crippen LogP contribution in [0.3, 0.4) is 0 Å². The summed E-state index contributed by atoms with van der Waals surface area (Å²) >= 11 is -8.59. The van der Waals surface area contributed by atoms with Gasteiger partial charge in [0.1, 0.15) is 0 Å². The molecule has 0 saturated carbocycles. The normalized spacial score (nSPS) is 14.7. The Morgan fingerprint density at radius 2 is 0.681 bits per heavy atom. The molecule has 0 aromatic heterocycles. The molecule has 0 radical (unpaired) electrons. The molecule has 9 nitrogen and oxygen atoms in total. The Bertz CT molecular complexity index is 1750. The van der Waals surface area contributed by atoms with Gasteiger partial charge in [0.2, 0.25) is 0 Å². The molecule has 47 heavy (non-hydrogen) atoms. The molecular formula is C36H30N2O7Sb2. The van der Waals surface area contributed by atoms with Crippen LogP contribution in [0.5, 0.6) is 0 Å². The predicted octanol–water partition coefficient (Wildman–Crippen LogP) is 3.60. The summed E-state index contributed by atoms with van der Waals surface area (Å²) in [6, 6.07) is 58.9. The fraction of sp³-hybridized carbons (Fsp3) is 0. The van der Waals surface area contributed by atoms with Gasteiger partial charge in [0.25, 0.3) is 0 Å². The van der Waals surface area contributed by atoms with Gasteiger partial charge in [-0.1, -0.05) is 0 Å². The molecule has 0 bridgehead atoms. The third-order valence-corrected chi connectivity index (χ3v) is 29.4. The number of benzene rings is 6. The van der Waals surface area contributed by atoms with Crippen molar-refractivity contribution in [2.45, 2.75) is 0 Å². The molecule has 0 spiro atoms. The third kappa shape index (κ3) is 6.68. The summed E-state index contributed by atoms with van der Waals surface area (Å²) in [4.78, 5) is 20.0. The van der Waals surface area contributed by atoms with Gasteiger partial charge in [0, 0.05) is 0 Å². The van der Waals surface area contributed by atoms with Crippen LogP contribution in [0.15, 0.2) is 182 Å². The fourth-order valence-corrected chi connectivity index (χ4v) is 24.8. The summed E-state index contributed by atoms with van der Waals surface area (Å²) in [6.07, 6.45) is 0. The molecule has 6 aromatic rings. The van der Waals surface area contributed by atoms with E-state index in [-0.39, 0.29) is 5.09 Å². The fourth-order valence-electron chi connectivity index (χ4n) is 5.45. The zero-order valence-corrected chi connectivity index (χ0v) is 30.1. The second kappa shape index (κ2) is 14.7. The first-order valence-electron chi connectivity index (χ1n) is 14.4. The summed E-state index contributed by atoms with van der Waals surface area (Å²) < 4.78 is 31.5. The number of nitrogens with zero attached hydrogens (tertiary/aromatic N) is 2. The topological polar surface area (TPSA) is 122 Å². The van der Waals surface area contributed by atoms with Gasteiger partial charge in [-0.2, -0.15) is 0 Å². The molecule has 0 unspecified atom stereocenters. The van der Waals surface area contributed by atoms with Crippen molar-refractivity contribution in [3.63, 3.8) is 0 Å². The molecule has 0 N–H and O–H groups in total. The third-order valence-electron chi connectivity index (χ3n) is 7.48. The van der Waals surface area contributed by atoms with Gasteiger partial charge in [0.15, 0.2) is 0 Å². The van der Waals surface area contributed by atoms with E-state index in [2.05, 4.69) is 0 Å². The average Bonchev–Trinajstić information content (AvgIpc) is 3.12. The molecule has 236 valence electrons. The minimum atomic E-state index is -4.69. The Hall–Kier alpha value is -4.84. The van der Waals surface area contributed by atoms with Crippen LogP contribution >= 0.6 is 0 Å². The maximum absolute atomic E-state index is 13.9. The first kappa shape index (κ1) is 33.5. The Morgan fingerprint density at radius 1 is 0.468 bits per heavy atom. The molecule has 7 rings (SSSR count). The summed E-state index contributed by atoms with van der Waals surface area (Å²) in [5, 5.41) is 15.0. The van der Waals surface area contributed by atoms with E-state index in [1.807, 2.05) is 182 Å². The van der Waals surface area contributed by atoms with Crippen LogP contribution < -0.4 is 21.1 Å². The van der Waals surface area contributed by atoms with E-state index in [1.165, 1.54) is 0 Å². The van der Waals surface area contributed by atoms with Crippen molar-refractivity contribution in [1.82, 2.24) is 0 Å². The molecule has 6 aromatic carbocycles. The predicted molar refractivity (Wildman–Crippen MR) is 185 cm³/mol. The number of rotatable bonds is 6. The average molecular weight is 846 g/mol. The van der Waals surface area contributed by atoms with Crippen LogP contribution in [-0.2, 0) is 9.25 Å². The van der Waals surface area contributed by atoms with E-state index in [0.717, 1.165) is 21.1 Å². The van der Waals surface area contributed by atoms with Gasteiger partial charge in [-0.15, -0.1) is 0 Å². The standard InChI is InChI=1S/6C6H5.2NO3.O.2Sb/c6*1-2-4-6-5-3-1;2*2-1(3)4;;;/h6*1-5H;;;;;/q;;;;;;2*-1;;;+2. The minimum absolute atomic E-state index is 0.245. The summed E-state index contributed by atoms with van der Waals surface area (Å²) in [5.74, 6) is 0. The van der Waals surface area contributed by atoms with E-state index >= 15 is 0 Å². The Morgan fingerprint density at radius 3 is 0.894 bits per heavy atom. The monoisotopic (exact) mass is 844 g/mol. The first-order valence-corrected chi connectivity index (χ1v) is 25.2. The van der Waals surface area contributed by atoms with E-state index in [1.54, 1.807) is 0 Å². The summed E-state index contributed by atoms with van der Waals surface area (Å²) in [6.45, 7) is 0. The van der Waals surface area contributed by atoms with Gasteiger partial charge in [-0.3, -0.25) is 0 Å². The number of hydrogen-bond donors (Lipinski definition) is 0. The van der Waals surface area contributed by atoms with Crippen molar-refractivity contribution < 1.29 is 19.4 Å². The van der Waals surface area contributed by atoms with Crippen LogP contribution in [0, 0.1) is 20.2 Å². The Balaban J connectivity index is 0.000000167. The molecule has 1 heterocycles. The van der Waals surface area contributed by atoms with Gasteiger partial charge in [0.05, 0.1) is 5.09 Å². The van der Waals surface area contributed by atoms with Gasteiger partial charge in [-0.25, -0.2) is 0 Å². The summed E-state index contributed by atoms with van der Waals surface area (Å²) in [7, 11) is 0. The molecule has 0 atom stereocenters. The zero-order valence-electron chi connectivity index (χ0n) is 25.0. The van der Waals surface area contributed by atoms with Crippen LogP contribution in [0.4, 0.5) is 0 Å². The van der Waals surface area contributed by atoms with Crippen LogP contribution in [-0.4, -0.2) is 47.2 Å². The van der Waals surface area contributed by atoms with E-state index in [9.17, 15) is 7.92 Å². The van der Waals surface area contributed by atoms with Gasteiger partial charge in [-0.05, 0) is 0 Å². The molecular weight excluding hydrogens is 816 g/mol. The number of hydrogen-bond acceptors (Lipinski definition) is 7. The van der Waals surface area contributed by atoms with Crippen LogP contribution in [0.2, 0.25) is 0 Å². The van der Waals surface area contributed by atoms with Crippen molar-refractivity contribution in [2.75, 3.05) is 0 Å². The molecule has 11 heteroatoms. The SMILES string of the molecule is O=[N+]([O-])[O-].O=[N+]1[O][Sb]([c]2ccccc2)([c]2ccccc2)([c]2ccccc2)[O]1.[O]=[Sb]([c]1ccccc1)([c]1ccccc1)[c]1ccccc1. The van der Waals surface area contributed by atoms with Crippen molar-refractivity contribution in [1.29, 1.82) is 0 Å². The summed E-state index contributed by atoms with van der Waals surface area (Å²) in [5.41, 5.74) is 0. The molecule has 1 fully saturated rings. The quantitative estimate of drug-likeness (QED) is 0.143. The second-order valence-electron chi connectivity index (χ2n) is 10.2. The van der Waals surface area contributed by atoms with Gasteiger partial charge < -0.3 is 15.3 Å². The van der Waals surface area contributed by atoms with Crippen molar-refractivity contribution in [3.05, 3.63) is 202 Å². The molecule has 1 saturated heterocycles. The maximum atomic E-state index is 13.9. The Kier molecular flexibility index (Phi) is 10.5. The van der Waals surface area contributed by atoms with Crippen molar-refractivity contribution in [3.8, 4) is 0 Å². The van der Waals surface area contributed by atoms with Crippen LogP contribution in [0.1, 0.15) is 0 Å². The van der Waals surface area contributed by atoms with E-state index < -0.39 is 42.1 Å². The molecule has 1 aliphatic rings. The van der Waals surface area contributed by atoms with E-state index in [0.29, 0.717) is 0 Å². The van der Waals surface area contributed by atoms with Crippen molar-refractivity contribution >= 4 is 58.1 Å². The van der Waals surface area contributed by atoms with Crippen LogP contribution in [0.25, 0.3) is 0 Å². The Labute approximate surface area is 277 Å². The first-order chi connectivity index (χ1) is 22.8.